The molecule has 6 heteroatoms. The molecule has 0 aliphatic carbocycles. The van der Waals surface area contributed by atoms with Gasteiger partial charge in [-0.05, 0) is 24.6 Å². The Bertz CT molecular complexity index is 993. The molecule has 1 aromatic heterocycles. The Balaban J connectivity index is 1.47. The van der Waals surface area contributed by atoms with Crippen LogP contribution < -0.4 is 5.32 Å². The van der Waals surface area contributed by atoms with Crippen molar-refractivity contribution in [2.75, 3.05) is 6.54 Å². The van der Waals surface area contributed by atoms with E-state index >= 15 is 0 Å². The van der Waals surface area contributed by atoms with Crippen LogP contribution in [0.4, 0.5) is 0 Å². The van der Waals surface area contributed by atoms with Crippen LogP contribution in [0, 0.1) is 6.92 Å². The number of aryl methyl sites for hydroxylation is 1. The molecule has 0 unspecified atom stereocenters. The van der Waals surface area contributed by atoms with Crippen molar-refractivity contribution in [1.29, 1.82) is 0 Å². The number of H-pyrrole nitrogens is 1. The van der Waals surface area contributed by atoms with Crippen molar-refractivity contribution in [2.45, 2.75) is 26.4 Å². The van der Waals surface area contributed by atoms with E-state index in [1.807, 2.05) is 61.5 Å². The molecule has 0 saturated carbocycles. The lowest BCUT2D eigenvalue weighted by molar-refractivity contribution is 0.0731. The maximum Gasteiger partial charge on any atom is 0.272 e. The Morgan fingerprint density at radius 3 is 2.61 bits per heavy atom. The minimum absolute atomic E-state index is 0.0255. The van der Waals surface area contributed by atoms with Crippen molar-refractivity contribution in [3.8, 4) is 0 Å². The number of nitrogens with one attached hydrogen (secondary N) is 2. The van der Waals surface area contributed by atoms with Gasteiger partial charge in [0, 0.05) is 36.3 Å². The molecule has 4 rings (SSSR count). The van der Waals surface area contributed by atoms with E-state index in [0.29, 0.717) is 37.3 Å². The van der Waals surface area contributed by atoms with E-state index in [2.05, 4.69) is 15.5 Å². The summed E-state index contributed by atoms with van der Waals surface area (Å²) >= 11 is 0. The van der Waals surface area contributed by atoms with Crippen molar-refractivity contribution < 1.29 is 9.59 Å². The smallest absolute Gasteiger partial charge is 0.272 e. The number of fused-ring (bicyclic) bond motifs is 1. The summed E-state index contributed by atoms with van der Waals surface area (Å²) in [5.41, 5.74) is 4.90. The summed E-state index contributed by atoms with van der Waals surface area (Å²) in [6.07, 6.45) is 0.659. The van der Waals surface area contributed by atoms with Crippen LogP contribution in [0.3, 0.4) is 0 Å². The molecule has 2 N–H and O–H groups in total. The Labute approximate surface area is 163 Å². The van der Waals surface area contributed by atoms with E-state index in [4.69, 9.17) is 0 Å². The van der Waals surface area contributed by atoms with E-state index < -0.39 is 0 Å². The largest absolute Gasteiger partial charge is 0.347 e. The summed E-state index contributed by atoms with van der Waals surface area (Å²) in [5.74, 6) is -0.256. The Morgan fingerprint density at radius 2 is 1.86 bits per heavy atom. The minimum Gasteiger partial charge on any atom is -0.347 e. The fourth-order valence-electron chi connectivity index (χ4n) is 3.40. The summed E-state index contributed by atoms with van der Waals surface area (Å²) in [6.45, 7) is 3.42. The van der Waals surface area contributed by atoms with Gasteiger partial charge in [0.1, 0.15) is 0 Å². The standard InChI is InChI=1S/C22H22N4O2/c1-15-7-9-17(10-8-15)22(28)26-12-11-19-18(14-26)20(25-24-19)21(27)23-13-16-5-3-2-4-6-16/h2-10H,11-14H2,1H3,(H,23,27)(H,24,25). The van der Waals surface area contributed by atoms with Crippen LogP contribution >= 0.6 is 0 Å². The van der Waals surface area contributed by atoms with Gasteiger partial charge in [-0.2, -0.15) is 5.10 Å². The van der Waals surface area contributed by atoms with Crippen molar-refractivity contribution in [2.24, 2.45) is 0 Å². The molecule has 0 radical (unpaired) electrons. The maximum absolute atomic E-state index is 12.8. The van der Waals surface area contributed by atoms with Crippen molar-refractivity contribution in [1.82, 2.24) is 20.4 Å². The SMILES string of the molecule is Cc1ccc(C(=O)N2CCc3[nH]nc(C(=O)NCc4ccccc4)c3C2)cc1. The molecule has 0 saturated heterocycles. The van der Waals surface area contributed by atoms with E-state index in [1.54, 1.807) is 4.90 Å². The molecule has 28 heavy (non-hydrogen) atoms. The predicted molar refractivity (Wildman–Crippen MR) is 106 cm³/mol. The molecule has 0 fully saturated rings. The monoisotopic (exact) mass is 374 g/mol. The van der Waals surface area contributed by atoms with Crippen LogP contribution in [0.5, 0.6) is 0 Å². The van der Waals surface area contributed by atoms with Gasteiger partial charge in [0.15, 0.2) is 5.69 Å². The Hall–Kier alpha value is -3.41. The zero-order valence-electron chi connectivity index (χ0n) is 15.7. The summed E-state index contributed by atoms with van der Waals surface area (Å²) in [6, 6.07) is 17.3. The normalized spacial score (nSPS) is 13.1. The second-order valence-electron chi connectivity index (χ2n) is 7.04. The van der Waals surface area contributed by atoms with Gasteiger partial charge in [-0.15, -0.1) is 0 Å². The first-order chi connectivity index (χ1) is 13.6. The highest BCUT2D eigenvalue weighted by atomic mass is 16.2. The van der Waals surface area contributed by atoms with Crippen molar-refractivity contribution >= 4 is 11.8 Å². The molecular weight excluding hydrogens is 352 g/mol. The van der Waals surface area contributed by atoms with Gasteiger partial charge in [-0.1, -0.05) is 48.0 Å². The number of rotatable bonds is 4. The Morgan fingerprint density at radius 1 is 1.11 bits per heavy atom. The van der Waals surface area contributed by atoms with Crippen LogP contribution in [0.15, 0.2) is 54.6 Å². The highest BCUT2D eigenvalue weighted by Gasteiger charge is 2.28. The molecule has 2 heterocycles. The van der Waals surface area contributed by atoms with Crippen LogP contribution in [0.25, 0.3) is 0 Å². The van der Waals surface area contributed by atoms with Crippen molar-refractivity contribution in [3.63, 3.8) is 0 Å². The second kappa shape index (κ2) is 7.68. The quantitative estimate of drug-likeness (QED) is 0.737. The molecular formula is C22H22N4O2. The third kappa shape index (κ3) is 3.67. The van der Waals surface area contributed by atoms with E-state index in [1.165, 1.54) is 0 Å². The summed E-state index contributed by atoms with van der Waals surface area (Å²) in [7, 11) is 0. The fourth-order valence-corrected chi connectivity index (χ4v) is 3.40. The number of carbonyl (C=O) groups excluding carboxylic acids is 2. The van der Waals surface area contributed by atoms with Crippen LogP contribution in [0.1, 0.15) is 43.2 Å². The fraction of sp³-hybridized carbons (Fsp3) is 0.227. The number of amides is 2. The first kappa shape index (κ1) is 18.0. The molecule has 1 aliphatic rings. The molecule has 142 valence electrons. The van der Waals surface area contributed by atoms with Crippen molar-refractivity contribution in [3.05, 3.63) is 88.2 Å². The molecule has 0 atom stereocenters. The van der Waals surface area contributed by atoms with Gasteiger partial charge in [-0.3, -0.25) is 14.7 Å². The Kier molecular flexibility index (Phi) is 4.93. The molecule has 1 aliphatic heterocycles. The van der Waals surface area contributed by atoms with Crippen LogP contribution in [0.2, 0.25) is 0 Å². The average molecular weight is 374 g/mol. The molecule has 2 amide bonds. The lowest BCUT2D eigenvalue weighted by Crippen LogP contribution is -2.36. The number of hydrogen-bond donors (Lipinski definition) is 2. The number of benzene rings is 2. The number of carbonyl (C=O) groups is 2. The van der Waals surface area contributed by atoms with Gasteiger partial charge in [-0.25, -0.2) is 0 Å². The number of nitrogens with zero attached hydrogens (tertiary/aromatic N) is 2. The third-order valence-corrected chi connectivity index (χ3v) is 5.03. The molecule has 3 aromatic rings. The van der Waals surface area contributed by atoms with Crippen LogP contribution in [-0.2, 0) is 19.5 Å². The first-order valence-corrected chi connectivity index (χ1v) is 9.36. The van der Waals surface area contributed by atoms with E-state index in [9.17, 15) is 9.59 Å². The lowest BCUT2D eigenvalue weighted by atomic mass is 10.0. The molecule has 2 aromatic carbocycles. The average Bonchev–Trinajstić information content (AvgIpc) is 3.16. The van der Waals surface area contributed by atoms with E-state index in [-0.39, 0.29) is 11.8 Å². The number of aromatic nitrogens is 2. The molecule has 6 nitrogen and oxygen atoms in total. The van der Waals surface area contributed by atoms with Gasteiger partial charge in [0.25, 0.3) is 11.8 Å². The van der Waals surface area contributed by atoms with Gasteiger partial charge >= 0.3 is 0 Å². The van der Waals surface area contributed by atoms with Crippen LogP contribution in [-0.4, -0.2) is 33.5 Å². The third-order valence-electron chi connectivity index (χ3n) is 5.03. The molecule has 0 spiro atoms. The molecule has 0 bridgehead atoms. The minimum atomic E-state index is -0.231. The number of aromatic amines is 1. The topological polar surface area (TPSA) is 78.1 Å². The summed E-state index contributed by atoms with van der Waals surface area (Å²) < 4.78 is 0. The summed E-state index contributed by atoms with van der Waals surface area (Å²) in [4.78, 5) is 27.2. The maximum atomic E-state index is 12.8. The zero-order valence-corrected chi connectivity index (χ0v) is 15.7. The van der Waals surface area contributed by atoms with Gasteiger partial charge in [0.2, 0.25) is 0 Å². The predicted octanol–water partition coefficient (Wildman–Crippen LogP) is 2.85. The van der Waals surface area contributed by atoms with Gasteiger partial charge < -0.3 is 10.2 Å². The number of hydrogen-bond acceptors (Lipinski definition) is 3. The lowest BCUT2D eigenvalue weighted by Gasteiger charge is -2.27. The zero-order chi connectivity index (χ0) is 19.5. The van der Waals surface area contributed by atoms with E-state index in [0.717, 1.165) is 22.4 Å². The highest BCUT2D eigenvalue weighted by molar-refractivity contribution is 5.96. The second-order valence-corrected chi connectivity index (χ2v) is 7.04. The first-order valence-electron chi connectivity index (χ1n) is 9.36. The summed E-state index contributed by atoms with van der Waals surface area (Å²) in [5, 5.41) is 10.1. The highest BCUT2D eigenvalue weighted by Crippen LogP contribution is 2.22. The van der Waals surface area contributed by atoms with Gasteiger partial charge in [0.05, 0.1) is 6.54 Å².